The normalized spacial score (nSPS) is 28.9. The zero-order valence-electron chi connectivity index (χ0n) is 11.5. The molecule has 0 spiro atoms. The maximum atomic E-state index is 11.8. The summed E-state index contributed by atoms with van der Waals surface area (Å²) in [6.45, 7) is 2.34. The Morgan fingerprint density at radius 3 is 2.74 bits per heavy atom. The van der Waals surface area contributed by atoms with Crippen LogP contribution in [-0.4, -0.2) is 41.0 Å². The fraction of sp³-hybridized carbons (Fsp3) is 0.917. The van der Waals surface area contributed by atoms with E-state index in [4.69, 9.17) is 4.74 Å². The summed E-state index contributed by atoms with van der Waals surface area (Å²) in [5, 5.41) is 19.1. The quantitative estimate of drug-likeness (QED) is 0.284. The second-order valence-electron chi connectivity index (χ2n) is 5.09. The second-order valence-corrected chi connectivity index (χ2v) is 5.09. The van der Waals surface area contributed by atoms with Gasteiger partial charge in [0.25, 0.3) is 0 Å². The van der Waals surface area contributed by atoms with Crippen molar-refractivity contribution >= 4 is 5.97 Å². The van der Waals surface area contributed by atoms with Crippen molar-refractivity contribution in [3.63, 3.8) is 0 Å². The number of nitrogens with one attached hydrogen (secondary N) is 2. The first-order valence-electron chi connectivity index (χ1n) is 6.88. The number of aliphatic hydroxyl groups excluding tert-OH is 2. The van der Waals surface area contributed by atoms with Crippen LogP contribution in [0.5, 0.6) is 0 Å². The van der Waals surface area contributed by atoms with Crippen LogP contribution in [-0.2, 0) is 9.53 Å². The van der Waals surface area contributed by atoms with Crippen LogP contribution in [0.3, 0.4) is 0 Å². The Labute approximate surface area is 113 Å². The summed E-state index contributed by atoms with van der Waals surface area (Å²) in [6.07, 6.45) is 1.89. The number of hydrazine groups is 1. The predicted molar refractivity (Wildman–Crippen MR) is 68.2 cm³/mol. The molecule has 7 nitrogen and oxygen atoms in total. The van der Waals surface area contributed by atoms with E-state index in [1.165, 1.54) is 0 Å². The Balaban J connectivity index is 2.46. The van der Waals surface area contributed by atoms with Gasteiger partial charge in [-0.25, -0.2) is 0 Å². The molecule has 19 heavy (non-hydrogen) atoms. The van der Waals surface area contributed by atoms with Crippen molar-refractivity contribution in [2.75, 3.05) is 6.61 Å². The molecule has 0 heterocycles. The van der Waals surface area contributed by atoms with E-state index >= 15 is 0 Å². The predicted octanol–water partition coefficient (Wildman–Crippen LogP) is -1.53. The molecule has 0 radical (unpaired) electrons. The molecule has 1 rings (SSSR count). The van der Waals surface area contributed by atoms with Crippen LogP contribution < -0.4 is 16.8 Å². The summed E-state index contributed by atoms with van der Waals surface area (Å²) in [6, 6.07) is -0.475. The molecule has 0 bridgehead atoms. The third-order valence-electron chi connectivity index (χ3n) is 3.47. The molecular weight excluding hydrogens is 250 g/mol. The SMILES string of the molecule is CCCOC(=O)C(CC1CCC(O)C(O)C1)NN[NH3+]. The van der Waals surface area contributed by atoms with Gasteiger partial charge in [0.2, 0.25) is 0 Å². The molecule has 1 fully saturated rings. The van der Waals surface area contributed by atoms with Crippen LogP contribution in [0.15, 0.2) is 0 Å². The Bertz CT molecular complexity index is 278. The van der Waals surface area contributed by atoms with Gasteiger partial charge in [0.05, 0.1) is 18.8 Å². The maximum Gasteiger partial charge on any atom is 0.324 e. The largest absolute Gasteiger partial charge is 0.464 e. The van der Waals surface area contributed by atoms with Gasteiger partial charge in [0.1, 0.15) is 6.04 Å². The number of carbonyl (C=O) groups is 1. The number of rotatable bonds is 7. The van der Waals surface area contributed by atoms with Gasteiger partial charge in [-0.1, -0.05) is 6.92 Å². The van der Waals surface area contributed by atoms with Crippen molar-refractivity contribution in [1.29, 1.82) is 0 Å². The van der Waals surface area contributed by atoms with Gasteiger partial charge < -0.3 is 14.9 Å². The second kappa shape index (κ2) is 8.44. The highest BCUT2D eigenvalue weighted by atomic mass is 16.5. The molecule has 112 valence electrons. The zero-order valence-corrected chi connectivity index (χ0v) is 11.5. The first-order valence-corrected chi connectivity index (χ1v) is 6.88. The average molecular weight is 276 g/mol. The van der Waals surface area contributed by atoms with E-state index in [2.05, 4.69) is 16.8 Å². The van der Waals surface area contributed by atoms with Crippen LogP contribution in [0.25, 0.3) is 0 Å². The van der Waals surface area contributed by atoms with E-state index in [-0.39, 0.29) is 11.9 Å². The monoisotopic (exact) mass is 276 g/mol. The minimum absolute atomic E-state index is 0.193. The minimum atomic E-state index is -0.696. The topological polar surface area (TPSA) is 118 Å². The summed E-state index contributed by atoms with van der Waals surface area (Å²) in [7, 11) is 0. The van der Waals surface area contributed by atoms with Crippen molar-refractivity contribution in [2.45, 2.75) is 57.3 Å². The first kappa shape index (κ1) is 16.3. The summed E-state index contributed by atoms with van der Waals surface area (Å²) >= 11 is 0. The molecule has 7 heteroatoms. The molecule has 0 aromatic heterocycles. The van der Waals surface area contributed by atoms with Crippen LogP contribution in [0.1, 0.15) is 39.0 Å². The maximum absolute atomic E-state index is 11.8. The van der Waals surface area contributed by atoms with Crippen LogP contribution in [0, 0.1) is 5.92 Å². The van der Waals surface area contributed by atoms with Crippen molar-refractivity contribution in [3.8, 4) is 0 Å². The summed E-state index contributed by atoms with van der Waals surface area (Å²) in [5.74, 6) is 3.34. The summed E-state index contributed by atoms with van der Waals surface area (Å²) < 4.78 is 5.11. The Kier molecular flexibility index (Phi) is 7.25. The number of ether oxygens (including phenoxy) is 1. The lowest BCUT2D eigenvalue weighted by atomic mass is 9.82. The molecule has 0 aromatic carbocycles. The first-order chi connectivity index (χ1) is 9.08. The van der Waals surface area contributed by atoms with Crippen molar-refractivity contribution in [1.82, 2.24) is 11.0 Å². The Hall–Kier alpha value is -0.730. The summed E-state index contributed by atoms with van der Waals surface area (Å²) in [4.78, 5) is 11.8. The van der Waals surface area contributed by atoms with E-state index in [1.807, 2.05) is 6.92 Å². The number of aliphatic hydroxyl groups is 2. The Morgan fingerprint density at radius 2 is 2.16 bits per heavy atom. The molecule has 4 atom stereocenters. The van der Waals surface area contributed by atoms with Crippen LogP contribution in [0.4, 0.5) is 0 Å². The average Bonchev–Trinajstić information content (AvgIpc) is 2.39. The van der Waals surface area contributed by atoms with Gasteiger partial charge in [-0.2, -0.15) is 5.43 Å². The number of hydrogen-bond donors (Lipinski definition) is 5. The molecule has 0 aliphatic heterocycles. The lowest BCUT2D eigenvalue weighted by Gasteiger charge is -2.31. The third-order valence-corrected chi connectivity index (χ3v) is 3.47. The smallest absolute Gasteiger partial charge is 0.324 e. The van der Waals surface area contributed by atoms with Gasteiger partial charge >= 0.3 is 5.97 Å². The van der Waals surface area contributed by atoms with Crippen molar-refractivity contribution < 1.29 is 25.6 Å². The number of esters is 1. The van der Waals surface area contributed by atoms with Gasteiger partial charge in [-0.05, 0) is 38.0 Å². The van der Waals surface area contributed by atoms with E-state index in [1.54, 1.807) is 0 Å². The number of hydrogen-bond acceptors (Lipinski definition) is 6. The van der Waals surface area contributed by atoms with Crippen LogP contribution in [0.2, 0.25) is 0 Å². The highest BCUT2D eigenvalue weighted by Crippen LogP contribution is 2.28. The molecule has 4 unspecified atom stereocenters. The number of carbonyl (C=O) groups excluding carboxylic acids is 1. The highest BCUT2D eigenvalue weighted by molar-refractivity contribution is 5.75. The zero-order chi connectivity index (χ0) is 14.3. The molecule has 0 saturated heterocycles. The fourth-order valence-electron chi connectivity index (χ4n) is 2.40. The molecule has 1 saturated carbocycles. The molecule has 1 aliphatic carbocycles. The standard InChI is InChI=1S/C12H25N3O4/c1-2-5-19-12(18)9(14-15-13)6-8-3-4-10(16)11(17)7-8/h8-11,14-17H,2-7,13H2,1H3/p+1. The van der Waals surface area contributed by atoms with E-state index in [0.29, 0.717) is 25.9 Å². The minimum Gasteiger partial charge on any atom is -0.464 e. The van der Waals surface area contributed by atoms with Gasteiger partial charge in [-0.15, -0.1) is 5.53 Å². The molecular formula is C12H26N3O4+. The Morgan fingerprint density at radius 1 is 1.42 bits per heavy atom. The van der Waals surface area contributed by atoms with Crippen molar-refractivity contribution in [3.05, 3.63) is 0 Å². The lowest BCUT2D eigenvalue weighted by molar-refractivity contribution is -0.458. The van der Waals surface area contributed by atoms with E-state index in [0.717, 1.165) is 12.8 Å². The fourth-order valence-corrected chi connectivity index (χ4v) is 2.40. The van der Waals surface area contributed by atoms with Gasteiger partial charge in [0, 0.05) is 0 Å². The third kappa shape index (κ3) is 5.42. The van der Waals surface area contributed by atoms with Crippen LogP contribution >= 0.6 is 0 Å². The number of quaternary nitrogens is 1. The molecule has 0 amide bonds. The highest BCUT2D eigenvalue weighted by Gasteiger charge is 2.31. The molecule has 7 N–H and O–H groups in total. The van der Waals surface area contributed by atoms with E-state index in [9.17, 15) is 15.0 Å². The van der Waals surface area contributed by atoms with Gasteiger partial charge in [0.15, 0.2) is 0 Å². The van der Waals surface area contributed by atoms with E-state index < -0.39 is 18.2 Å². The lowest BCUT2D eigenvalue weighted by Crippen LogP contribution is -2.73. The summed E-state index contributed by atoms with van der Waals surface area (Å²) in [5.41, 5.74) is 5.31. The molecule has 1 aliphatic rings. The molecule has 0 aromatic rings. The van der Waals surface area contributed by atoms with Crippen molar-refractivity contribution in [2.24, 2.45) is 5.92 Å². The van der Waals surface area contributed by atoms with Gasteiger partial charge in [-0.3, -0.25) is 10.6 Å².